The fraction of sp³-hybridized carbons (Fsp3) is 0.467. The van der Waals surface area contributed by atoms with Crippen LogP contribution in [-0.4, -0.2) is 102 Å². The molecule has 2 heterocycles. The molecule has 41 heavy (non-hydrogen) atoms. The van der Waals surface area contributed by atoms with Gasteiger partial charge in [-0.2, -0.15) is 0 Å². The summed E-state index contributed by atoms with van der Waals surface area (Å²) in [5.74, 6) is -0.906. The number of hydrogen-bond acceptors (Lipinski definition) is 8. The highest BCUT2D eigenvalue weighted by atomic mass is 32.2. The first-order chi connectivity index (χ1) is 19.8. The van der Waals surface area contributed by atoms with Crippen molar-refractivity contribution < 1.29 is 19.1 Å². The first-order valence-electron chi connectivity index (χ1n) is 14.1. The molecule has 2 aliphatic rings. The van der Waals surface area contributed by atoms with Crippen molar-refractivity contribution in [1.82, 2.24) is 14.7 Å². The zero-order valence-corrected chi connectivity index (χ0v) is 25.6. The third kappa shape index (κ3) is 7.85. The minimum atomic E-state index is -0.698. The molecule has 1 N–H and O–H groups in total. The van der Waals surface area contributed by atoms with E-state index in [2.05, 4.69) is 22.0 Å². The van der Waals surface area contributed by atoms with Gasteiger partial charge in [0.15, 0.2) is 5.11 Å². The van der Waals surface area contributed by atoms with Gasteiger partial charge in [0.2, 0.25) is 5.91 Å². The van der Waals surface area contributed by atoms with Crippen molar-refractivity contribution in [2.45, 2.75) is 37.6 Å². The summed E-state index contributed by atoms with van der Waals surface area (Å²) in [7, 11) is 0. The molecular formula is C30H39N5O4S2. The molecule has 2 saturated heterocycles. The number of thiocarbonyl (C=S) groups is 1. The minimum Gasteiger partial charge on any atom is -0.462 e. The minimum absolute atomic E-state index is 0.0352. The number of esters is 1. The average Bonchev–Trinajstić information content (AvgIpc) is 3.21. The SMILES string of the molecule is CCOC(=O)c1ccc(NC(=O)C[C@H]2C(=O)N(c3cccc(SC)c3)C(=S)N2CCCN2CCN(CC)CC2)cc1. The summed E-state index contributed by atoms with van der Waals surface area (Å²) in [5.41, 5.74) is 1.66. The number of nitrogens with one attached hydrogen (secondary N) is 1. The lowest BCUT2D eigenvalue weighted by molar-refractivity contribution is -0.124. The molecule has 0 unspecified atom stereocenters. The number of carbonyl (C=O) groups excluding carboxylic acids is 3. The van der Waals surface area contributed by atoms with Crippen molar-refractivity contribution in [3.05, 3.63) is 54.1 Å². The topological polar surface area (TPSA) is 85.4 Å². The molecule has 2 aliphatic heterocycles. The van der Waals surface area contributed by atoms with Gasteiger partial charge in [-0.05, 0) is 87.4 Å². The number of thioether (sulfide) groups is 1. The van der Waals surface area contributed by atoms with Crippen LogP contribution in [0.1, 0.15) is 37.0 Å². The van der Waals surface area contributed by atoms with Gasteiger partial charge in [-0.25, -0.2) is 4.79 Å². The molecule has 2 aromatic carbocycles. The highest BCUT2D eigenvalue weighted by molar-refractivity contribution is 7.98. The molecule has 220 valence electrons. The van der Waals surface area contributed by atoms with Gasteiger partial charge in [-0.15, -0.1) is 11.8 Å². The third-order valence-electron chi connectivity index (χ3n) is 7.47. The standard InChI is InChI=1S/C30H39N5O4S2/c1-4-32-16-18-33(19-17-32)14-7-15-34-26(28(37)35(30(34)40)24-8-6-9-25(20-24)41-3)21-27(36)31-23-12-10-22(11-13-23)29(38)39-5-2/h6,8-13,20,26H,4-5,7,14-19,21H2,1-3H3,(H,31,36)/t26-/m0/s1. The number of rotatable bonds is 12. The third-order valence-corrected chi connectivity index (χ3v) is 8.62. The van der Waals surface area contributed by atoms with Crippen molar-refractivity contribution in [2.75, 3.05) is 68.9 Å². The van der Waals surface area contributed by atoms with E-state index in [4.69, 9.17) is 17.0 Å². The van der Waals surface area contributed by atoms with E-state index >= 15 is 0 Å². The van der Waals surface area contributed by atoms with Crippen LogP contribution >= 0.6 is 24.0 Å². The van der Waals surface area contributed by atoms with Gasteiger partial charge in [-0.1, -0.05) is 13.0 Å². The molecule has 4 rings (SSSR count). The number of anilines is 2. The second kappa shape index (κ2) is 14.8. The molecule has 0 radical (unpaired) electrons. The maximum atomic E-state index is 13.8. The number of hydrogen-bond donors (Lipinski definition) is 1. The number of benzene rings is 2. The molecule has 1 atom stereocenters. The number of piperazine rings is 1. The van der Waals surface area contributed by atoms with Crippen molar-refractivity contribution in [3.8, 4) is 0 Å². The van der Waals surface area contributed by atoms with Crippen molar-refractivity contribution >= 4 is 58.3 Å². The summed E-state index contributed by atoms with van der Waals surface area (Å²) in [6.45, 7) is 11.0. The lowest BCUT2D eigenvalue weighted by Gasteiger charge is -2.34. The molecule has 2 amide bonds. The summed E-state index contributed by atoms with van der Waals surface area (Å²) in [6.07, 6.45) is 2.79. The van der Waals surface area contributed by atoms with Crippen LogP contribution < -0.4 is 10.2 Å². The Balaban J connectivity index is 1.45. The van der Waals surface area contributed by atoms with Gasteiger partial charge in [0, 0.05) is 43.3 Å². The first kappa shape index (κ1) is 31.0. The summed E-state index contributed by atoms with van der Waals surface area (Å²) in [6, 6.07) is 13.6. The van der Waals surface area contributed by atoms with Crippen molar-refractivity contribution in [2.24, 2.45) is 0 Å². The summed E-state index contributed by atoms with van der Waals surface area (Å²) in [4.78, 5) is 48.3. The number of likely N-dealkylation sites (N-methyl/N-ethyl adjacent to an activating group) is 1. The van der Waals surface area contributed by atoms with Crippen LogP contribution in [0.15, 0.2) is 53.4 Å². The van der Waals surface area contributed by atoms with Crippen molar-refractivity contribution in [1.29, 1.82) is 0 Å². The molecular weight excluding hydrogens is 558 g/mol. The molecule has 0 saturated carbocycles. The number of carbonyl (C=O) groups is 3. The van der Waals surface area contributed by atoms with Crippen LogP contribution in [0.2, 0.25) is 0 Å². The lowest BCUT2D eigenvalue weighted by Crippen LogP contribution is -2.47. The van der Waals surface area contributed by atoms with E-state index < -0.39 is 12.0 Å². The highest BCUT2D eigenvalue weighted by Crippen LogP contribution is 2.30. The van der Waals surface area contributed by atoms with Crippen LogP contribution in [0.25, 0.3) is 0 Å². The molecule has 0 bridgehead atoms. The Kier molecular flexibility index (Phi) is 11.1. The van der Waals surface area contributed by atoms with Gasteiger partial charge < -0.3 is 24.8 Å². The van der Waals surface area contributed by atoms with Crippen LogP contribution in [-0.2, 0) is 14.3 Å². The molecule has 9 nitrogen and oxygen atoms in total. The zero-order valence-electron chi connectivity index (χ0n) is 24.0. The van der Waals surface area contributed by atoms with Gasteiger partial charge >= 0.3 is 5.97 Å². The Labute approximate surface area is 252 Å². The summed E-state index contributed by atoms with van der Waals surface area (Å²) in [5, 5.41) is 3.30. The van der Waals surface area contributed by atoms with E-state index in [0.717, 1.165) is 50.6 Å². The number of ether oxygens (including phenoxy) is 1. The van der Waals surface area contributed by atoms with Crippen LogP contribution in [0, 0.1) is 0 Å². The molecule has 0 aliphatic carbocycles. The largest absolute Gasteiger partial charge is 0.462 e. The summed E-state index contributed by atoms with van der Waals surface area (Å²) < 4.78 is 5.02. The van der Waals surface area contributed by atoms with Gasteiger partial charge in [0.1, 0.15) is 6.04 Å². The zero-order chi connectivity index (χ0) is 29.4. The van der Waals surface area contributed by atoms with E-state index in [-0.39, 0.29) is 18.2 Å². The molecule has 0 aromatic heterocycles. The van der Waals surface area contributed by atoms with E-state index in [0.29, 0.717) is 35.2 Å². The fourth-order valence-electron chi connectivity index (χ4n) is 5.16. The normalized spacial score (nSPS) is 18.2. The van der Waals surface area contributed by atoms with E-state index in [1.165, 1.54) is 0 Å². The van der Waals surface area contributed by atoms with E-state index in [1.54, 1.807) is 47.9 Å². The Bertz CT molecular complexity index is 1230. The molecule has 2 fully saturated rings. The molecule has 0 spiro atoms. The van der Waals surface area contributed by atoms with Gasteiger partial charge in [-0.3, -0.25) is 14.5 Å². The monoisotopic (exact) mass is 597 g/mol. The van der Waals surface area contributed by atoms with E-state index in [9.17, 15) is 14.4 Å². The maximum Gasteiger partial charge on any atom is 0.338 e. The maximum absolute atomic E-state index is 13.8. The van der Waals surface area contributed by atoms with Gasteiger partial charge in [0.05, 0.1) is 24.3 Å². The number of amides is 2. The smallest absolute Gasteiger partial charge is 0.338 e. The Hall–Kier alpha value is -2.99. The Morgan fingerprint density at radius 1 is 1.02 bits per heavy atom. The quantitative estimate of drug-likeness (QED) is 0.222. The first-order valence-corrected chi connectivity index (χ1v) is 15.8. The predicted octanol–water partition coefficient (Wildman–Crippen LogP) is 3.94. The second-order valence-corrected chi connectivity index (χ2v) is 11.3. The predicted molar refractivity (Wildman–Crippen MR) is 168 cm³/mol. The second-order valence-electron chi connectivity index (χ2n) is 10.0. The molecule has 11 heteroatoms. The number of nitrogens with zero attached hydrogens (tertiary/aromatic N) is 4. The summed E-state index contributed by atoms with van der Waals surface area (Å²) >= 11 is 7.45. The Morgan fingerprint density at radius 3 is 2.39 bits per heavy atom. The van der Waals surface area contributed by atoms with Gasteiger partial charge in [0.25, 0.3) is 5.91 Å². The van der Waals surface area contributed by atoms with Crippen molar-refractivity contribution in [3.63, 3.8) is 0 Å². The highest BCUT2D eigenvalue weighted by Gasteiger charge is 2.44. The Morgan fingerprint density at radius 2 is 1.73 bits per heavy atom. The van der Waals surface area contributed by atoms with Crippen LogP contribution in [0.5, 0.6) is 0 Å². The van der Waals surface area contributed by atoms with Crippen LogP contribution in [0.3, 0.4) is 0 Å². The van der Waals surface area contributed by atoms with E-state index in [1.807, 2.05) is 35.4 Å². The molecule has 2 aromatic rings. The average molecular weight is 598 g/mol. The fourth-order valence-corrected chi connectivity index (χ4v) is 6.03. The van der Waals surface area contributed by atoms with Crippen LogP contribution in [0.4, 0.5) is 11.4 Å². The lowest BCUT2D eigenvalue weighted by atomic mass is 10.1.